The maximum atomic E-state index is 12.0. The quantitative estimate of drug-likeness (QED) is 0.485. The molecular weight excluding hydrogens is 374 g/mol. The summed E-state index contributed by atoms with van der Waals surface area (Å²) in [6.07, 6.45) is 3.18. The van der Waals surface area contributed by atoms with Crippen molar-refractivity contribution in [1.29, 1.82) is 0 Å². The molecule has 0 aromatic carbocycles. The van der Waals surface area contributed by atoms with Crippen molar-refractivity contribution in [1.82, 2.24) is 15.0 Å². The van der Waals surface area contributed by atoms with Crippen LogP contribution < -0.4 is 14.7 Å². The van der Waals surface area contributed by atoms with Gasteiger partial charge in [-0.25, -0.2) is 15.0 Å². The standard InChI is InChI=1S/C19H27N7O3/c1-15(2)25(12-13-29-3)19-17(26(27)28)18(21-14-22-19)24-10-8-23(9-11-24)16-6-4-5-7-20-16/h4-7,14-15H,8-13H2,1-3H3. The highest BCUT2D eigenvalue weighted by atomic mass is 16.6. The third kappa shape index (κ3) is 4.70. The molecule has 0 unspecified atom stereocenters. The molecule has 0 bridgehead atoms. The fourth-order valence-corrected chi connectivity index (χ4v) is 3.45. The molecule has 0 saturated carbocycles. The Morgan fingerprint density at radius 3 is 2.48 bits per heavy atom. The van der Waals surface area contributed by atoms with Gasteiger partial charge in [-0.2, -0.15) is 0 Å². The largest absolute Gasteiger partial charge is 0.383 e. The summed E-state index contributed by atoms with van der Waals surface area (Å²) < 4.78 is 5.17. The first kappa shape index (κ1) is 20.7. The lowest BCUT2D eigenvalue weighted by Gasteiger charge is -2.36. The number of piperazine rings is 1. The molecule has 10 heteroatoms. The normalized spacial score (nSPS) is 14.3. The van der Waals surface area contributed by atoms with E-state index in [0.29, 0.717) is 51.0 Å². The van der Waals surface area contributed by atoms with Crippen LogP contribution in [0.1, 0.15) is 13.8 Å². The van der Waals surface area contributed by atoms with Gasteiger partial charge in [0.15, 0.2) is 0 Å². The zero-order chi connectivity index (χ0) is 20.8. The molecule has 29 heavy (non-hydrogen) atoms. The van der Waals surface area contributed by atoms with Gasteiger partial charge in [-0.1, -0.05) is 6.07 Å². The number of ether oxygens (including phenoxy) is 1. The lowest BCUT2D eigenvalue weighted by atomic mass is 10.2. The van der Waals surface area contributed by atoms with Gasteiger partial charge in [0.25, 0.3) is 0 Å². The molecule has 1 aliphatic rings. The zero-order valence-electron chi connectivity index (χ0n) is 17.1. The number of aromatic nitrogens is 3. The molecule has 1 aliphatic heterocycles. The summed E-state index contributed by atoms with van der Waals surface area (Å²) in [7, 11) is 1.61. The van der Waals surface area contributed by atoms with Gasteiger partial charge in [-0.05, 0) is 26.0 Å². The first-order valence-corrected chi connectivity index (χ1v) is 9.68. The number of rotatable bonds is 8. The van der Waals surface area contributed by atoms with E-state index in [9.17, 15) is 10.1 Å². The summed E-state index contributed by atoms with van der Waals surface area (Å²) >= 11 is 0. The Morgan fingerprint density at radius 1 is 1.17 bits per heavy atom. The van der Waals surface area contributed by atoms with Gasteiger partial charge >= 0.3 is 5.69 Å². The van der Waals surface area contributed by atoms with E-state index in [0.717, 1.165) is 5.82 Å². The number of hydrogen-bond donors (Lipinski definition) is 0. The van der Waals surface area contributed by atoms with Crippen molar-refractivity contribution in [3.63, 3.8) is 0 Å². The van der Waals surface area contributed by atoms with Gasteiger partial charge in [-0.3, -0.25) is 10.1 Å². The minimum absolute atomic E-state index is 0.0348. The van der Waals surface area contributed by atoms with Crippen molar-refractivity contribution in [2.45, 2.75) is 19.9 Å². The Balaban J connectivity index is 1.85. The summed E-state index contributed by atoms with van der Waals surface area (Å²) in [5.74, 6) is 1.61. The molecule has 3 rings (SSSR count). The average Bonchev–Trinajstić information content (AvgIpc) is 2.74. The van der Waals surface area contributed by atoms with Crippen LogP contribution in [0.4, 0.5) is 23.1 Å². The summed E-state index contributed by atoms with van der Waals surface area (Å²) in [6, 6.07) is 5.84. The number of nitrogens with zero attached hydrogens (tertiary/aromatic N) is 7. The van der Waals surface area contributed by atoms with E-state index in [1.165, 1.54) is 6.33 Å². The summed E-state index contributed by atoms with van der Waals surface area (Å²) in [4.78, 5) is 30.6. The highest BCUT2D eigenvalue weighted by Gasteiger charge is 2.32. The Labute approximate surface area is 170 Å². The average molecular weight is 401 g/mol. The molecule has 156 valence electrons. The first-order valence-electron chi connectivity index (χ1n) is 9.68. The van der Waals surface area contributed by atoms with Crippen LogP contribution in [-0.2, 0) is 4.74 Å². The van der Waals surface area contributed by atoms with Gasteiger partial charge in [0, 0.05) is 52.1 Å². The molecule has 2 aromatic rings. The molecular formula is C19H27N7O3. The van der Waals surface area contributed by atoms with Gasteiger partial charge in [-0.15, -0.1) is 0 Å². The molecule has 3 heterocycles. The summed E-state index contributed by atoms with van der Waals surface area (Å²) in [5, 5.41) is 12.0. The third-order valence-corrected chi connectivity index (χ3v) is 4.95. The van der Waals surface area contributed by atoms with Crippen LogP contribution in [0.2, 0.25) is 0 Å². The van der Waals surface area contributed by atoms with Crippen LogP contribution in [0.25, 0.3) is 0 Å². The summed E-state index contributed by atoms with van der Waals surface area (Å²) in [6.45, 7) is 7.59. The van der Waals surface area contributed by atoms with Crippen molar-refractivity contribution in [3.05, 3.63) is 40.8 Å². The van der Waals surface area contributed by atoms with Crippen LogP contribution in [-0.4, -0.2) is 72.4 Å². The second-order valence-corrected chi connectivity index (χ2v) is 7.07. The predicted molar refractivity (Wildman–Crippen MR) is 112 cm³/mol. The molecule has 10 nitrogen and oxygen atoms in total. The monoisotopic (exact) mass is 401 g/mol. The van der Waals surface area contributed by atoms with Gasteiger partial charge < -0.3 is 19.4 Å². The number of nitro groups is 1. The zero-order valence-corrected chi connectivity index (χ0v) is 17.1. The number of hydrogen-bond acceptors (Lipinski definition) is 9. The maximum Gasteiger partial charge on any atom is 0.353 e. The number of methoxy groups -OCH3 is 1. The lowest BCUT2D eigenvalue weighted by molar-refractivity contribution is -0.383. The Morgan fingerprint density at radius 2 is 1.90 bits per heavy atom. The molecule has 0 N–H and O–H groups in total. The topological polar surface area (TPSA) is 101 Å². The number of pyridine rings is 1. The minimum atomic E-state index is -0.377. The van der Waals surface area contributed by atoms with E-state index in [1.807, 2.05) is 41.8 Å². The Hall–Kier alpha value is -3.01. The first-order chi connectivity index (χ1) is 14.0. The molecule has 2 aromatic heterocycles. The van der Waals surface area contributed by atoms with E-state index in [2.05, 4.69) is 19.9 Å². The van der Waals surface area contributed by atoms with Gasteiger partial charge in [0.05, 0.1) is 11.5 Å². The van der Waals surface area contributed by atoms with E-state index in [4.69, 9.17) is 4.74 Å². The van der Waals surface area contributed by atoms with E-state index < -0.39 is 0 Å². The van der Waals surface area contributed by atoms with Crippen molar-refractivity contribution in [2.75, 3.05) is 61.1 Å². The molecule has 0 radical (unpaired) electrons. The lowest BCUT2D eigenvalue weighted by Crippen LogP contribution is -2.47. The molecule has 1 saturated heterocycles. The van der Waals surface area contributed by atoms with Crippen molar-refractivity contribution in [3.8, 4) is 0 Å². The van der Waals surface area contributed by atoms with Crippen LogP contribution in [0.3, 0.4) is 0 Å². The van der Waals surface area contributed by atoms with Crippen LogP contribution >= 0.6 is 0 Å². The van der Waals surface area contributed by atoms with E-state index in [1.54, 1.807) is 13.3 Å². The fourth-order valence-electron chi connectivity index (χ4n) is 3.45. The number of anilines is 3. The van der Waals surface area contributed by atoms with E-state index >= 15 is 0 Å². The second-order valence-electron chi connectivity index (χ2n) is 7.07. The highest BCUT2D eigenvalue weighted by Crippen LogP contribution is 2.35. The minimum Gasteiger partial charge on any atom is -0.383 e. The van der Waals surface area contributed by atoms with Crippen LogP contribution in [0.15, 0.2) is 30.7 Å². The molecule has 0 atom stereocenters. The second kappa shape index (κ2) is 9.46. The Kier molecular flexibility index (Phi) is 6.76. The van der Waals surface area contributed by atoms with Crippen molar-refractivity contribution in [2.24, 2.45) is 0 Å². The molecule has 0 aliphatic carbocycles. The highest BCUT2D eigenvalue weighted by molar-refractivity contribution is 5.72. The molecule has 0 amide bonds. The van der Waals surface area contributed by atoms with Crippen LogP contribution in [0, 0.1) is 10.1 Å². The molecule has 0 spiro atoms. The maximum absolute atomic E-state index is 12.0. The van der Waals surface area contributed by atoms with Crippen molar-refractivity contribution >= 4 is 23.1 Å². The Bertz CT molecular complexity index is 811. The summed E-state index contributed by atoms with van der Waals surface area (Å²) in [5.41, 5.74) is -0.0522. The predicted octanol–water partition coefficient (Wildman–Crippen LogP) is 1.97. The van der Waals surface area contributed by atoms with Crippen LogP contribution in [0.5, 0.6) is 0 Å². The third-order valence-electron chi connectivity index (χ3n) is 4.95. The fraction of sp³-hybridized carbons (Fsp3) is 0.526. The van der Waals surface area contributed by atoms with Gasteiger partial charge in [0.1, 0.15) is 12.1 Å². The van der Waals surface area contributed by atoms with Crippen molar-refractivity contribution < 1.29 is 9.66 Å². The van der Waals surface area contributed by atoms with Gasteiger partial charge in [0.2, 0.25) is 11.6 Å². The smallest absolute Gasteiger partial charge is 0.353 e. The molecule has 1 fully saturated rings. The SMILES string of the molecule is COCCN(c1ncnc(N2CCN(c3ccccn3)CC2)c1[N+](=O)[O-])C(C)C. The van der Waals surface area contributed by atoms with E-state index in [-0.39, 0.29) is 16.7 Å².